The van der Waals surface area contributed by atoms with Crippen LogP contribution < -0.4 is 14.8 Å². The van der Waals surface area contributed by atoms with E-state index in [4.69, 9.17) is 14.2 Å². The molecular weight excluding hydrogens is 398 g/mol. The average Bonchev–Trinajstić information content (AvgIpc) is 2.81. The van der Waals surface area contributed by atoms with Crippen molar-refractivity contribution < 1.29 is 28.9 Å². The second-order valence-corrected chi connectivity index (χ2v) is 6.63. The van der Waals surface area contributed by atoms with Crippen LogP contribution in [0.5, 0.6) is 17.2 Å². The van der Waals surface area contributed by atoms with Gasteiger partial charge in [0.1, 0.15) is 17.9 Å². The number of phenols is 1. The highest BCUT2D eigenvalue weighted by Gasteiger charge is 2.14. The van der Waals surface area contributed by atoms with Gasteiger partial charge in [0.25, 0.3) is 5.91 Å². The number of phenolic OH excluding ortho intramolecular Hbond substituents is 1. The first-order valence-electron chi connectivity index (χ1n) is 9.62. The predicted octanol–water partition coefficient (Wildman–Crippen LogP) is 3.45. The Morgan fingerprint density at radius 1 is 0.903 bits per heavy atom. The van der Waals surface area contributed by atoms with Gasteiger partial charge >= 0.3 is 5.97 Å². The van der Waals surface area contributed by atoms with Crippen molar-refractivity contribution in [2.45, 2.75) is 13.2 Å². The van der Waals surface area contributed by atoms with E-state index < -0.39 is 18.5 Å². The Morgan fingerprint density at radius 2 is 1.65 bits per heavy atom. The number of esters is 1. The van der Waals surface area contributed by atoms with Gasteiger partial charge in [-0.1, -0.05) is 48.5 Å². The molecular formula is C24H23NO6. The Bertz CT molecular complexity index is 1040. The Morgan fingerprint density at radius 3 is 2.39 bits per heavy atom. The van der Waals surface area contributed by atoms with Crippen LogP contribution in [0.3, 0.4) is 0 Å². The van der Waals surface area contributed by atoms with Gasteiger partial charge in [-0.2, -0.15) is 0 Å². The normalized spacial score (nSPS) is 10.2. The number of nitrogens with one attached hydrogen (secondary N) is 1. The number of ether oxygens (including phenoxy) is 3. The van der Waals surface area contributed by atoms with Crippen LogP contribution in [-0.4, -0.2) is 30.7 Å². The van der Waals surface area contributed by atoms with Crippen molar-refractivity contribution in [3.8, 4) is 17.2 Å². The highest BCUT2D eigenvalue weighted by atomic mass is 16.5. The zero-order valence-corrected chi connectivity index (χ0v) is 17.0. The van der Waals surface area contributed by atoms with Crippen LogP contribution in [-0.2, 0) is 22.7 Å². The number of hydrogen-bond acceptors (Lipinski definition) is 6. The summed E-state index contributed by atoms with van der Waals surface area (Å²) in [4.78, 5) is 23.9. The zero-order chi connectivity index (χ0) is 22.1. The fourth-order valence-corrected chi connectivity index (χ4v) is 2.78. The number of rotatable bonds is 9. The van der Waals surface area contributed by atoms with Crippen molar-refractivity contribution >= 4 is 11.9 Å². The summed E-state index contributed by atoms with van der Waals surface area (Å²) < 4.78 is 16.2. The van der Waals surface area contributed by atoms with Crippen LogP contribution in [0.4, 0.5) is 0 Å². The fourth-order valence-electron chi connectivity index (χ4n) is 2.78. The summed E-state index contributed by atoms with van der Waals surface area (Å²) in [5, 5.41) is 12.3. The summed E-state index contributed by atoms with van der Waals surface area (Å²) in [6.07, 6.45) is 0. The molecule has 0 bridgehead atoms. The van der Waals surface area contributed by atoms with E-state index in [-0.39, 0.29) is 17.9 Å². The van der Waals surface area contributed by atoms with Gasteiger partial charge < -0.3 is 24.6 Å². The standard InChI is InChI=1S/C24H23NO6/c1-29-22-13-18(11-12-21(22)30-15-17-7-3-2-4-8-17)14-25-23(27)16-31-24(28)19-9-5-6-10-20(19)26/h2-13,26H,14-16H2,1H3,(H,25,27). The molecule has 0 fully saturated rings. The van der Waals surface area contributed by atoms with Crippen LogP contribution in [0.1, 0.15) is 21.5 Å². The first-order chi connectivity index (χ1) is 15.1. The third kappa shape index (κ3) is 6.24. The lowest BCUT2D eigenvalue weighted by molar-refractivity contribution is -0.124. The van der Waals surface area contributed by atoms with E-state index in [0.29, 0.717) is 18.1 Å². The maximum atomic E-state index is 12.0. The third-order valence-electron chi connectivity index (χ3n) is 4.41. The largest absolute Gasteiger partial charge is 0.507 e. The van der Waals surface area contributed by atoms with Crippen LogP contribution in [0.15, 0.2) is 72.8 Å². The summed E-state index contributed by atoms with van der Waals surface area (Å²) in [5.41, 5.74) is 1.84. The van der Waals surface area contributed by atoms with Gasteiger partial charge in [0.2, 0.25) is 0 Å². The number of benzene rings is 3. The molecule has 0 aliphatic heterocycles. The molecule has 0 saturated carbocycles. The minimum Gasteiger partial charge on any atom is -0.507 e. The summed E-state index contributed by atoms with van der Waals surface area (Å²) in [6, 6.07) is 21.1. The minimum atomic E-state index is -0.769. The molecule has 0 spiro atoms. The van der Waals surface area contributed by atoms with E-state index in [1.165, 1.54) is 12.1 Å². The molecule has 0 aliphatic rings. The molecule has 2 N–H and O–H groups in total. The van der Waals surface area contributed by atoms with Crippen molar-refractivity contribution in [1.82, 2.24) is 5.32 Å². The maximum Gasteiger partial charge on any atom is 0.342 e. The molecule has 0 saturated heterocycles. The van der Waals surface area contributed by atoms with E-state index in [1.54, 1.807) is 31.4 Å². The first kappa shape index (κ1) is 21.7. The number of amides is 1. The second-order valence-electron chi connectivity index (χ2n) is 6.63. The van der Waals surface area contributed by atoms with Gasteiger partial charge in [-0.25, -0.2) is 4.79 Å². The van der Waals surface area contributed by atoms with Crippen LogP contribution in [0.2, 0.25) is 0 Å². The molecule has 31 heavy (non-hydrogen) atoms. The van der Waals surface area contributed by atoms with Gasteiger partial charge in [-0.05, 0) is 35.4 Å². The molecule has 7 heteroatoms. The predicted molar refractivity (Wildman–Crippen MR) is 114 cm³/mol. The monoisotopic (exact) mass is 421 g/mol. The van der Waals surface area contributed by atoms with Crippen molar-refractivity contribution in [1.29, 1.82) is 0 Å². The van der Waals surface area contributed by atoms with Gasteiger partial charge in [-0.3, -0.25) is 4.79 Å². The van der Waals surface area contributed by atoms with E-state index >= 15 is 0 Å². The Balaban J connectivity index is 1.50. The Labute approximate surface area is 180 Å². The maximum absolute atomic E-state index is 12.0. The zero-order valence-electron chi connectivity index (χ0n) is 17.0. The quantitative estimate of drug-likeness (QED) is 0.514. The summed E-state index contributed by atoms with van der Waals surface area (Å²) in [7, 11) is 1.55. The topological polar surface area (TPSA) is 94.1 Å². The number of aromatic hydroxyl groups is 1. The molecule has 3 aromatic carbocycles. The fraction of sp³-hybridized carbons (Fsp3) is 0.167. The highest BCUT2D eigenvalue weighted by Crippen LogP contribution is 2.28. The van der Waals surface area contributed by atoms with E-state index in [1.807, 2.05) is 36.4 Å². The minimum absolute atomic E-state index is 0.00567. The van der Waals surface area contributed by atoms with Crippen molar-refractivity contribution in [2.75, 3.05) is 13.7 Å². The Hall–Kier alpha value is -4.00. The van der Waals surface area contributed by atoms with Gasteiger partial charge in [0, 0.05) is 6.54 Å². The molecule has 3 aromatic rings. The number of hydrogen-bond donors (Lipinski definition) is 2. The van der Waals surface area contributed by atoms with Gasteiger partial charge in [0.15, 0.2) is 18.1 Å². The van der Waals surface area contributed by atoms with E-state index in [0.717, 1.165) is 11.1 Å². The molecule has 0 atom stereocenters. The molecule has 7 nitrogen and oxygen atoms in total. The molecule has 1 amide bonds. The van der Waals surface area contributed by atoms with Crippen LogP contribution in [0, 0.1) is 0 Å². The number of methoxy groups -OCH3 is 1. The van der Waals surface area contributed by atoms with Gasteiger partial charge in [-0.15, -0.1) is 0 Å². The van der Waals surface area contributed by atoms with Gasteiger partial charge in [0.05, 0.1) is 7.11 Å². The SMILES string of the molecule is COc1cc(CNC(=O)COC(=O)c2ccccc2O)ccc1OCc1ccccc1. The summed E-state index contributed by atoms with van der Waals surface area (Å²) in [6.45, 7) is 0.181. The molecule has 160 valence electrons. The molecule has 0 radical (unpaired) electrons. The average molecular weight is 421 g/mol. The lowest BCUT2D eigenvalue weighted by atomic mass is 10.2. The van der Waals surface area contributed by atoms with Crippen LogP contribution in [0.25, 0.3) is 0 Å². The molecule has 0 heterocycles. The summed E-state index contributed by atoms with van der Waals surface area (Å²) in [5.74, 6) is -0.289. The van der Waals surface area contributed by atoms with Crippen molar-refractivity contribution in [3.05, 3.63) is 89.5 Å². The molecule has 0 aliphatic carbocycles. The lowest BCUT2D eigenvalue weighted by Gasteiger charge is -2.13. The summed E-state index contributed by atoms with van der Waals surface area (Å²) >= 11 is 0. The van der Waals surface area contributed by atoms with Crippen molar-refractivity contribution in [2.24, 2.45) is 0 Å². The number of carbonyl (C=O) groups is 2. The molecule has 0 aromatic heterocycles. The van der Waals surface area contributed by atoms with Crippen molar-refractivity contribution in [3.63, 3.8) is 0 Å². The molecule has 0 unspecified atom stereocenters. The Kier molecular flexibility index (Phi) is 7.48. The number of para-hydroxylation sites is 1. The smallest absolute Gasteiger partial charge is 0.342 e. The number of carbonyl (C=O) groups excluding carboxylic acids is 2. The van der Waals surface area contributed by atoms with Crippen LogP contribution >= 0.6 is 0 Å². The second kappa shape index (κ2) is 10.7. The molecule has 3 rings (SSSR count). The highest BCUT2D eigenvalue weighted by molar-refractivity contribution is 5.93. The first-order valence-corrected chi connectivity index (χ1v) is 9.62. The van der Waals surface area contributed by atoms with E-state index in [2.05, 4.69) is 5.32 Å². The lowest BCUT2D eigenvalue weighted by Crippen LogP contribution is -2.28. The third-order valence-corrected chi connectivity index (χ3v) is 4.41. The van der Waals surface area contributed by atoms with E-state index in [9.17, 15) is 14.7 Å².